The molecule has 1 unspecified atom stereocenters. The zero-order valence-corrected chi connectivity index (χ0v) is 13.1. The van der Waals surface area contributed by atoms with E-state index < -0.39 is 16.1 Å². The van der Waals surface area contributed by atoms with Crippen LogP contribution in [0.15, 0.2) is 47.4 Å². The minimum absolute atomic E-state index is 0.244. The molecule has 0 aliphatic rings. The van der Waals surface area contributed by atoms with Crippen LogP contribution in [-0.2, 0) is 10.0 Å². The predicted molar refractivity (Wildman–Crippen MR) is 83.8 cm³/mol. The Hall–Kier alpha value is -1.85. The SMILES string of the molecule is Cc1ccc(S(=O)(=O)Nc2ccccc2C(C)O)c(C)c1. The molecule has 2 aromatic carbocycles. The zero-order chi connectivity index (χ0) is 15.6. The van der Waals surface area contributed by atoms with Crippen LogP contribution in [0.5, 0.6) is 0 Å². The van der Waals surface area contributed by atoms with E-state index in [4.69, 9.17) is 0 Å². The quantitative estimate of drug-likeness (QED) is 0.912. The average Bonchev–Trinajstić information content (AvgIpc) is 2.37. The number of aliphatic hydroxyl groups excluding tert-OH is 1. The second kappa shape index (κ2) is 5.87. The third-order valence-electron chi connectivity index (χ3n) is 3.28. The molecule has 0 heterocycles. The fraction of sp³-hybridized carbons (Fsp3) is 0.250. The van der Waals surface area contributed by atoms with Gasteiger partial charge in [0.25, 0.3) is 10.0 Å². The smallest absolute Gasteiger partial charge is 0.262 e. The molecule has 0 aliphatic heterocycles. The number of sulfonamides is 1. The first-order chi connectivity index (χ1) is 9.81. The number of aliphatic hydroxyl groups is 1. The highest BCUT2D eigenvalue weighted by molar-refractivity contribution is 7.92. The molecule has 4 nitrogen and oxygen atoms in total. The van der Waals surface area contributed by atoms with E-state index in [1.54, 1.807) is 50.2 Å². The topological polar surface area (TPSA) is 66.4 Å². The van der Waals surface area contributed by atoms with E-state index in [-0.39, 0.29) is 4.90 Å². The molecule has 0 spiro atoms. The van der Waals surface area contributed by atoms with Gasteiger partial charge in [0.05, 0.1) is 16.7 Å². The molecule has 2 N–H and O–H groups in total. The molecule has 0 aliphatic carbocycles. The summed E-state index contributed by atoms with van der Waals surface area (Å²) in [5.41, 5.74) is 2.64. The van der Waals surface area contributed by atoms with E-state index in [1.165, 1.54) is 0 Å². The summed E-state index contributed by atoms with van der Waals surface area (Å²) >= 11 is 0. The van der Waals surface area contributed by atoms with Gasteiger partial charge in [-0.1, -0.05) is 35.9 Å². The summed E-state index contributed by atoms with van der Waals surface area (Å²) in [6, 6.07) is 12.0. The van der Waals surface area contributed by atoms with Gasteiger partial charge in [-0.05, 0) is 38.5 Å². The number of para-hydroxylation sites is 1. The maximum atomic E-state index is 12.5. The number of benzene rings is 2. The first kappa shape index (κ1) is 15.5. The normalized spacial score (nSPS) is 13.0. The van der Waals surface area contributed by atoms with Crippen molar-refractivity contribution in [1.82, 2.24) is 0 Å². The highest BCUT2D eigenvalue weighted by atomic mass is 32.2. The summed E-state index contributed by atoms with van der Waals surface area (Å²) in [7, 11) is -3.68. The van der Waals surface area contributed by atoms with Gasteiger partial charge in [-0.15, -0.1) is 0 Å². The fourth-order valence-corrected chi connectivity index (χ4v) is 3.57. The van der Waals surface area contributed by atoms with Crippen molar-refractivity contribution in [3.05, 3.63) is 59.2 Å². The zero-order valence-electron chi connectivity index (χ0n) is 12.3. The second-order valence-electron chi connectivity index (χ2n) is 5.14. The van der Waals surface area contributed by atoms with E-state index in [2.05, 4.69) is 4.72 Å². The summed E-state index contributed by atoms with van der Waals surface area (Å²) in [5, 5.41) is 9.73. The molecule has 0 saturated carbocycles. The molecule has 0 saturated heterocycles. The van der Waals surface area contributed by atoms with Crippen molar-refractivity contribution in [2.45, 2.75) is 31.8 Å². The van der Waals surface area contributed by atoms with Gasteiger partial charge in [-0.3, -0.25) is 4.72 Å². The van der Waals surface area contributed by atoms with Gasteiger partial charge in [-0.2, -0.15) is 0 Å². The molecule has 1 atom stereocenters. The van der Waals surface area contributed by atoms with Gasteiger partial charge in [0.1, 0.15) is 0 Å². The summed E-state index contributed by atoms with van der Waals surface area (Å²) < 4.78 is 27.6. The van der Waals surface area contributed by atoms with Crippen molar-refractivity contribution in [3.63, 3.8) is 0 Å². The Kier molecular flexibility index (Phi) is 4.34. The number of aryl methyl sites for hydroxylation is 2. The van der Waals surface area contributed by atoms with Crippen LogP contribution in [-0.4, -0.2) is 13.5 Å². The Balaban J connectivity index is 2.43. The monoisotopic (exact) mass is 305 g/mol. The second-order valence-corrected chi connectivity index (χ2v) is 6.79. The van der Waals surface area contributed by atoms with Crippen LogP contribution in [0.1, 0.15) is 29.7 Å². The van der Waals surface area contributed by atoms with Gasteiger partial charge in [0.15, 0.2) is 0 Å². The molecule has 2 rings (SSSR count). The Labute approximate surface area is 125 Å². The first-order valence-corrected chi connectivity index (χ1v) is 8.16. The molecule has 0 fully saturated rings. The summed E-state index contributed by atoms with van der Waals surface area (Å²) in [5.74, 6) is 0. The van der Waals surface area contributed by atoms with Crippen molar-refractivity contribution in [2.75, 3.05) is 4.72 Å². The van der Waals surface area contributed by atoms with Crippen molar-refractivity contribution in [3.8, 4) is 0 Å². The minimum Gasteiger partial charge on any atom is -0.389 e. The van der Waals surface area contributed by atoms with Crippen LogP contribution < -0.4 is 4.72 Å². The molecule has 0 amide bonds. The molecule has 0 radical (unpaired) electrons. The minimum atomic E-state index is -3.68. The van der Waals surface area contributed by atoms with Crippen LogP contribution in [0.3, 0.4) is 0 Å². The number of anilines is 1. The number of rotatable bonds is 4. The summed E-state index contributed by atoms with van der Waals surface area (Å²) in [4.78, 5) is 0.244. The van der Waals surface area contributed by atoms with Crippen molar-refractivity contribution in [1.29, 1.82) is 0 Å². The summed E-state index contributed by atoms with van der Waals surface area (Å²) in [6.07, 6.45) is -0.747. The highest BCUT2D eigenvalue weighted by Gasteiger charge is 2.19. The standard InChI is InChI=1S/C16H19NO3S/c1-11-8-9-16(12(2)10-11)21(19,20)17-15-7-5-4-6-14(15)13(3)18/h4-10,13,17-18H,1-3H3. The third kappa shape index (κ3) is 3.43. The Morgan fingerprint density at radius 1 is 1.10 bits per heavy atom. The van der Waals surface area contributed by atoms with Crippen LogP contribution in [0.2, 0.25) is 0 Å². The fourth-order valence-electron chi connectivity index (χ4n) is 2.25. The molecule has 5 heteroatoms. The van der Waals surface area contributed by atoms with Gasteiger partial charge in [0, 0.05) is 5.56 Å². The molecular formula is C16H19NO3S. The lowest BCUT2D eigenvalue weighted by atomic mass is 10.1. The first-order valence-electron chi connectivity index (χ1n) is 6.68. The number of hydrogen-bond donors (Lipinski definition) is 2. The average molecular weight is 305 g/mol. The Bertz CT molecular complexity index is 752. The Morgan fingerprint density at radius 2 is 1.76 bits per heavy atom. The van der Waals surface area contributed by atoms with Crippen molar-refractivity contribution >= 4 is 15.7 Å². The van der Waals surface area contributed by atoms with Crippen LogP contribution in [0.25, 0.3) is 0 Å². The van der Waals surface area contributed by atoms with Gasteiger partial charge in [-0.25, -0.2) is 8.42 Å². The van der Waals surface area contributed by atoms with Gasteiger partial charge in [0.2, 0.25) is 0 Å². The number of hydrogen-bond acceptors (Lipinski definition) is 3. The molecule has 0 aromatic heterocycles. The molecular weight excluding hydrogens is 286 g/mol. The molecule has 2 aromatic rings. The van der Waals surface area contributed by atoms with Crippen molar-refractivity contribution in [2.24, 2.45) is 0 Å². The van der Waals surface area contributed by atoms with Crippen LogP contribution in [0.4, 0.5) is 5.69 Å². The summed E-state index contributed by atoms with van der Waals surface area (Å²) in [6.45, 7) is 5.28. The van der Waals surface area contributed by atoms with Crippen molar-refractivity contribution < 1.29 is 13.5 Å². The van der Waals surface area contributed by atoms with E-state index in [0.29, 0.717) is 16.8 Å². The third-order valence-corrected chi connectivity index (χ3v) is 4.80. The maximum Gasteiger partial charge on any atom is 0.262 e. The largest absolute Gasteiger partial charge is 0.389 e. The lowest BCUT2D eigenvalue weighted by Gasteiger charge is -2.15. The molecule has 21 heavy (non-hydrogen) atoms. The predicted octanol–water partition coefficient (Wildman–Crippen LogP) is 3.16. The van der Waals surface area contributed by atoms with Crippen LogP contribution >= 0.6 is 0 Å². The van der Waals surface area contributed by atoms with E-state index in [1.807, 2.05) is 13.0 Å². The lowest BCUT2D eigenvalue weighted by molar-refractivity contribution is 0.200. The van der Waals surface area contributed by atoms with E-state index in [0.717, 1.165) is 5.56 Å². The lowest BCUT2D eigenvalue weighted by Crippen LogP contribution is -2.16. The number of nitrogens with one attached hydrogen (secondary N) is 1. The van der Waals surface area contributed by atoms with Gasteiger partial charge < -0.3 is 5.11 Å². The van der Waals surface area contributed by atoms with Gasteiger partial charge >= 0.3 is 0 Å². The van der Waals surface area contributed by atoms with E-state index >= 15 is 0 Å². The Morgan fingerprint density at radius 3 is 2.38 bits per heavy atom. The van der Waals surface area contributed by atoms with Crippen LogP contribution in [0, 0.1) is 13.8 Å². The maximum absolute atomic E-state index is 12.5. The molecule has 112 valence electrons. The van der Waals surface area contributed by atoms with E-state index in [9.17, 15) is 13.5 Å². The highest BCUT2D eigenvalue weighted by Crippen LogP contribution is 2.26. The molecule has 0 bridgehead atoms.